The largest absolute Gasteiger partial charge is 0.447 e. The van der Waals surface area contributed by atoms with Crippen molar-refractivity contribution in [2.75, 3.05) is 13.2 Å². The molecule has 5 heteroatoms. The minimum Gasteiger partial charge on any atom is -0.447 e. The zero-order chi connectivity index (χ0) is 14.5. The fourth-order valence-electron chi connectivity index (χ4n) is 2.11. The summed E-state index contributed by atoms with van der Waals surface area (Å²) in [6.45, 7) is 4.41. The van der Waals surface area contributed by atoms with Crippen LogP contribution >= 0.6 is 0 Å². The molecule has 1 fully saturated rings. The summed E-state index contributed by atoms with van der Waals surface area (Å²) >= 11 is 0. The van der Waals surface area contributed by atoms with E-state index in [2.05, 4.69) is 0 Å². The summed E-state index contributed by atoms with van der Waals surface area (Å²) in [7, 11) is 0. The Bertz CT molecular complexity index is 472. The van der Waals surface area contributed by atoms with E-state index < -0.39 is 6.09 Å². The third-order valence-corrected chi connectivity index (χ3v) is 3.28. The topological polar surface area (TPSA) is 55.8 Å². The van der Waals surface area contributed by atoms with Crippen LogP contribution in [0.4, 0.5) is 4.79 Å². The molecule has 1 atom stereocenters. The molecule has 0 spiro atoms. The highest BCUT2D eigenvalue weighted by Crippen LogP contribution is 2.19. The van der Waals surface area contributed by atoms with Crippen LogP contribution in [0.25, 0.3) is 0 Å². The van der Waals surface area contributed by atoms with Gasteiger partial charge in [0, 0.05) is 0 Å². The summed E-state index contributed by atoms with van der Waals surface area (Å²) in [6.07, 6.45) is -0.572. The molecule has 1 aromatic rings. The number of benzene rings is 1. The summed E-state index contributed by atoms with van der Waals surface area (Å²) in [5, 5.41) is 0. The minimum absolute atomic E-state index is 0.118. The lowest BCUT2D eigenvalue weighted by Gasteiger charge is -2.22. The van der Waals surface area contributed by atoms with E-state index in [1.54, 1.807) is 0 Å². The fourth-order valence-corrected chi connectivity index (χ4v) is 2.11. The first kappa shape index (κ1) is 14.5. The molecule has 0 saturated carbocycles. The van der Waals surface area contributed by atoms with Crippen LogP contribution in [0.1, 0.15) is 19.4 Å². The molecular formula is C15H19NO4. The van der Waals surface area contributed by atoms with Gasteiger partial charge in [-0.3, -0.25) is 4.79 Å². The lowest BCUT2D eigenvalue weighted by atomic mass is 10.0. The predicted octanol–water partition coefficient (Wildman–Crippen LogP) is 2.21. The monoisotopic (exact) mass is 277 g/mol. The zero-order valence-electron chi connectivity index (χ0n) is 11.7. The Balaban J connectivity index is 1.86. The van der Waals surface area contributed by atoms with Gasteiger partial charge in [-0.2, -0.15) is 0 Å². The molecule has 2 amide bonds. The molecule has 108 valence electrons. The van der Waals surface area contributed by atoms with Crippen molar-refractivity contribution in [2.45, 2.75) is 26.5 Å². The maximum atomic E-state index is 12.1. The SMILES string of the molecule is CC(C)[C@H]1COC(=O)N1C(=O)COCc1ccccc1. The van der Waals surface area contributed by atoms with Crippen molar-refractivity contribution < 1.29 is 19.1 Å². The van der Waals surface area contributed by atoms with Crippen LogP contribution in [0.3, 0.4) is 0 Å². The highest BCUT2D eigenvalue weighted by atomic mass is 16.6. The van der Waals surface area contributed by atoms with E-state index in [4.69, 9.17) is 9.47 Å². The normalized spacial score (nSPS) is 18.4. The molecule has 0 N–H and O–H groups in total. The summed E-state index contributed by atoms with van der Waals surface area (Å²) in [4.78, 5) is 24.8. The summed E-state index contributed by atoms with van der Waals surface area (Å²) in [5.74, 6) is -0.179. The molecule has 1 aromatic carbocycles. The molecule has 1 aliphatic heterocycles. The first-order valence-corrected chi connectivity index (χ1v) is 6.70. The van der Waals surface area contributed by atoms with Crippen molar-refractivity contribution in [1.29, 1.82) is 0 Å². The highest BCUT2D eigenvalue weighted by Gasteiger charge is 2.39. The van der Waals surface area contributed by atoms with E-state index in [1.807, 2.05) is 44.2 Å². The van der Waals surface area contributed by atoms with Crippen molar-refractivity contribution >= 4 is 12.0 Å². The van der Waals surface area contributed by atoms with Crippen LogP contribution in [0.5, 0.6) is 0 Å². The lowest BCUT2D eigenvalue weighted by Crippen LogP contribution is -2.43. The maximum absolute atomic E-state index is 12.1. The van der Waals surface area contributed by atoms with E-state index in [0.29, 0.717) is 6.61 Å². The number of carbonyl (C=O) groups is 2. The summed E-state index contributed by atoms with van der Waals surface area (Å²) in [6, 6.07) is 9.38. The second-order valence-electron chi connectivity index (χ2n) is 5.13. The smallest absolute Gasteiger partial charge is 0.417 e. The average Bonchev–Trinajstić information content (AvgIpc) is 2.82. The molecule has 0 aromatic heterocycles. The first-order valence-electron chi connectivity index (χ1n) is 6.70. The van der Waals surface area contributed by atoms with Crippen molar-refractivity contribution in [3.63, 3.8) is 0 Å². The molecule has 1 saturated heterocycles. The van der Waals surface area contributed by atoms with Crippen LogP contribution in [0.15, 0.2) is 30.3 Å². The number of nitrogens with zero attached hydrogens (tertiary/aromatic N) is 1. The van der Waals surface area contributed by atoms with Gasteiger partial charge in [0.1, 0.15) is 13.2 Å². The number of rotatable bonds is 5. The number of hydrogen-bond acceptors (Lipinski definition) is 4. The van der Waals surface area contributed by atoms with Gasteiger partial charge in [0.2, 0.25) is 0 Å². The van der Waals surface area contributed by atoms with Crippen molar-refractivity contribution in [3.05, 3.63) is 35.9 Å². The van der Waals surface area contributed by atoms with E-state index in [0.717, 1.165) is 5.56 Å². The van der Waals surface area contributed by atoms with E-state index in [-0.39, 0.29) is 31.1 Å². The molecular weight excluding hydrogens is 258 g/mol. The number of carbonyl (C=O) groups excluding carboxylic acids is 2. The van der Waals surface area contributed by atoms with Crippen molar-refractivity contribution in [1.82, 2.24) is 4.90 Å². The Morgan fingerprint density at radius 2 is 2.10 bits per heavy atom. The quantitative estimate of drug-likeness (QED) is 0.828. The van der Waals surface area contributed by atoms with E-state index in [9.17, 15) is 9.59 Å². The Morgan fingerprint density at radius 1 is 1.40 bits per heavy atom. The number of hydrogen-bond donors (Lipinski definition) is 0. The predicted molar refractivity (Wildman–Crippen MR) is 72.9 cm³/mol. The summed E-state index contributed by atoms with van der Waals surface area (Å²) in [5.41, 5.74) is 0.990. The molecule has 2 rings (SSSR count). The van der Waals surface area contributed by atoms with Crippen LogP contribution in [0.2, 0.25) is 0 Å². The Hall–Kier alpha value is -1.88. The molecule has 1 aliphatic rings. The van der Waals surface area contributed by atoms with Gasteiger partial charge >= 0.3 is 6.09 Å². The molecule has 0 radical (unpaired) electrons. The van der Waals surface area contributed by atoms with Crippen molar-refractivity contribution in [2.24, 2.45) is 5.92 Å². The second-order valence-corrected chi connectivity index (χ2v) is 5.13. The van der Waals surface area contributed by atoms with Gasteiger partial charge in [0.15, 0.2) is 0 Å². The minimum atomic E-state index is -0.572. The van der Waals surface area contributed by atoms with Crippen molar-refractivity contribution in [3.8, 4) is 0 Å². The molecule has 0 unspecified atom stereocenters. The van der Waals surface area contributed by atoms with Crippen LogP contribution in [-0.4, -0.2) is 36.2 Å². The van der Waals surface area contributed by atoms with Gasteiger partial charge in [-0.15, -0.1) is 0 Å². The van der Waals surface area contributed by atoms with Gasteiger partial charge in [0.05, 0.1) is 12.6 Å². The zero-order valence-corrected chi connectivity index (χ0v) is 11.7. The average molecular weight is 277 g/mol. The number of cyclic esters (lactones) is 1. The van der Waals surface area contributed by atoms with E-state index >= 15 is 0 Å². The molecule has 0 aliphatic carbocycles. The highest BCUT2D eigenvalue weighted by molar-refractivity contribution is 5.94. The molecule has 1 heterocycles. The van der Waals surface area contributed by atoms with E-state index in [1.165, 1.54) is 4.90 Å². The maximum Gasteiger partial charge on any atom is 0.417 e. The van der Waals surface area contributed by atoms with Crippen LogP contribution in [0, 0.1) is 5.92 Å². The molecule has 0 bridgehead atoms. The molecule has 5 nitrogen and oxygen atoms in total. The first-order chi connectivity index (χ1) is 9.59. The number of imide groups is 1. The van der Waals surface area contributed by atoms with Gasteiger partial charge < -0.3 is 9.47 Å². The Kier molecular flexibility index (Phi) is 4.74. The van der Waals surface area contributed by atoms with Gasteiger partial charge in [-0.05, 0) is 11.5 Å². The van der Waals surface area contributed by atoms with Gasteiger partial charge in [0.25, 0.3) is 5.91 Å². The van der Waals surface area contributed by atoms with Crippen LogP contribution in [-0.2, 0) is 20.9 Å². The second kappa shape index (κ2) is 6.52. The third-order valence-electron chi connectivity index (χ3n) is 3.28. The fraction of sp³-hybridized carbons (Fsp3) is 0.467. The third kappa shape index (κ3) is 3.36. The van der Waals surface area contributed by atoms with Crippen LogP contribution < -0.4 is 0 Å². The summed E-state index contributed by atoms with van der Waals surface area (Å²) < 4.78 is 10.3. The van der Waals surface area contributed by atoms with Gasteiger partial charge in [-0.1, -0.05) is 44.2 Å². The number of ether oxygens (including phenoxy) is 2. The standard InChI is InChI=1S/C15H19NO4/c1-11(2)13-9-20-15(18)16(13)14(17)10-19-8-12-6-4-3-5-7-12/h3-7,11,13H,8-10H2,1-2H3/t13-/m1/s1. The Labute approximate surface area is 118 Å². The Morgan fingerprint density at radius 3 is 2.75 bits per heavy atom. The lowest BCUT2D eigenvalue weighted by molar-refractivity contribution is -0.135. The van der Waals surface area contributed by atoms with Gasteiger partial charge in [-0.25, -0.2) is 9.69 Å². The number of amides is 2. The molecule has 20 heavy (non-hydrogen) atoms.